The molecule has 17 heavy (non-hydrogen) atoms. The lowest BCUT2D eigenvalue weighted by Gasteiger charge is -2.43. The van der Waals surface area contributed by atoms with Crippen LogP contribution in [0.4, 0.5) is 0 Å². The van der Waals surface area contributed by atoms with E-state index < -0.39 is 0 Å². The summed E-state index contributed by atoms with van der Waals surface area (Å²) >= 11 is 0. The van der Waals surface area contributed by atoms with Crippen LogP contribution < -0.4 is 0 Å². The van der Waals surface area contributed by atoms with E-state index in [0.29, 0.717) is 12.3 Å². The number of nitrogens with zero attached hydrogens (tertiary/aromatic N) is 4. The Kier molecular flexibility index (Phi) is 2.90. The summed E-state index contributed by atoms with van der Waals surface area (Å²) in [5.74, 6) is 0.518. The van der Waals surface area contributed by atoms with Gasteiger partial charge in [-0.1, -0.05) is 13.8 Å². The summed E-state index contributed by atoms with van der Waals surface area (Å²) in [6, 6.07) is 4.49. The number of rotatable bonds is 3. The van der Waals surface area contributed by atoms with E-state index in [0.717, 1.165) is 12.8 Å². The summed E-state index contributed by atoms with van der Waals surface area (Å²) < 4.78 is 1.90. The Labute approximate surface area is 101 Å². The van der Waals surface area contributed by atoms with Crippen LogP contribution in [0.25, 0.3) is 0 Å². The Morgan fingerprint density at radius 2 is 2.24 bits per heavy atom. The van der Waals surface area contributed by atoms with Crippen LogP contribution in [-0.4, -0.2) is 9.78 Å². The van der Waals surface area contributed by atoms with Gasteiger partial charge in [-0.15, -0.1) is 0 Å². The van der Waals surface area contributed by atoms with Crippen LogP contribution in [0, 0.1) is 28.6 Å². The molecule has 88 valence electrons. The van der Waals surface area contributed by atoms with Crippen LogP contribution in [0.2, 0.25) is 0 Å². The highest BCUT2D eigenvalue weighted by Crippen LogP contribution is 2.45. The second kappa shape index (κ2) is 4.22. The highest BCUT2D eigenvalue weighted by molar-refractivity contribution is 5.15. The van der Waals surface area contributed by atoms with Crippen LogP contribution >= 0.6 is 0 Å². The number of hydrogen-bond acceptors (Lipinski definition) is 3. The molecule has 1 heterocycles. The fourth-order valence-electron chi connectivity index (χ4n) is 2.40. The Hall–Kier alpha value is -1.81. The van der Waals surface area contributed by atoms with Gasteiger partial charge in [0, 0.05) is 6.20 Å². The molecule has 0 unspecified atom stereocenters. The van der Waals surface area contributed by atoms with Crippen molar-refractivity contribution in [1.82, 2.24) is 9.78 Å². The van der Waals surface area contributed by atoms with E-state index in [4.69, 9.17) is 10.5 Å². The second-order valence-corrected chi connectivity index (χ2v) is 5.17. The molecule has 1 aromatic heterocycles. The first-order valence-corrected chi connectivity index (χ1v) is 5.93. The fourth-order valence-corrected chi connectivity index (χ4v) is 2.40. The molecule has 1 aliphatic carbocycles. The average molecular weight is 228 g/mol. The van der Waals surface area contributed by atoms with E-state index in [1.165, 1.54) is 5.56 Å². The number of aromatic nitrogens is 2. The lowest BCUT2D eigenvalue weighted by atomic mass is 9.67. The molecule has 0 amide bonds. The smallest absolute Gasteiger partial charge is 0.0782 e. The van der Waals surface area contributed by atoms with Gasteiger partial charge >= 0.3 is 0 Å². The van der Waals surface area contributed by atoms with Gasteiger partial charge in [0.05, 0.1) is 36.2 Å². The van der Waals surface area contributed by atoms with Crippen LogP contribution in [0.1, 0.15) is 44.6 Å². The zero-order chi connectivity index (χ0) is 12.5. The summed E-state index contributed by atoms with van der Waals surface area (Å²) in [4.78, 5) is 0. The Morgan fingerprint density at radius 1 is 1.53 bits per heavy atom. The van der Waals surface area contributed by atoms with E-state index in [1.54, 1.807) is 0 Å². The summed E-state index contributed by atoms with van der Waals surface area (Å²) in [6.07, 6.45) is 5.82. The minimum Gasteiger partial charge on any atom is -0.265 e. The molecule has 1 saturated carbocycles. The van der Waals surface area contributed by atoms with E-state index >= 15 is 0 Å². The van der Waals surface area contributed by atoms with Crippen molar-refractivity contribution in [2.75, 3.05) is 0 Å². The topological polar surface area (TPSA) is 65.4 Å². The van der Waals surface area contributed by atoms with Gasteiger partial charge in [0.2, 0.25) is 0 Å². The van der Waals surface area contributed by atoms with Gasteiger partial charge in [0.1, 0.15) is 0 Å². The molecule has 4 heteroatoms. The SMILES string of the molecule is CC(C)c1cnn(C2(CC#N)CC(C#N)C2)c1. The van der Waals surface area contributed by atoms with Crippen LogP contribution in [0.3, 0.4) is 0 Å². The highest BCUT2D eigenvalue weighted by atomic mass is 15.3. The first-order valence-electron chi connectivity index (χ1n) is 5.93. The van der Waals surface area contributed by atoms with Gasteiger partial charge in [-0.2, -0.15) is 15.6 Å². The Balaban J connectivity index is 2.23. The fraction of sp³-hybridized carbons (Fsp3) is 0.615. The third-order valence-corrected chi connectivity index (χ3v) is 3.60. The molecular formula is C13H16N4. The monoisotopic (exact) mass is 228 g/mol. The molecule has 0 N–H and O–H groups in total. The molecule has 0 atom stereocenters. The summed E-state index contributed by atoms with van der Waals surface area (Å²) in [5.41, 5.74) is 0.949. The molecule has 0 radical (unpaired) electrons. The highest BCUT2D eigenvalue weighted by Gasteiger charge is 2.46. The van der Waals surface area contributed by atoms with E-state index in [1.807, 2.05) is 17.1 Å². The van der Waals surface area contributed by atoms with Crippen LogP contribution in [0.15, 0.2) is 12.4 Å². The van der Waals surface area contributed by atoms with Crippen LogP contribution in [0.5, 0.6) is 0 Å². The maximum absolute atomic E-state index is 8.93. The summed E-state index contributed by atoms with van der Waals surface area (Å²) in [6.45, 7) is 4.24. The van der Waals surface area contributed by atoms with Crippen molar-refractivity contribution in [3.05, 3.63) is 18.0 Å². The van der Waals surface area contributed by atoms with E-state index in [2.05, 4.69) is 31.1 Å². The van der Waals surface area contributed by atoms with Crippen molar-refractivity contribution in [3.63, 3.8) is 0 Å². The number of nitriles is 2. The molecule has 4 nitrogen and oxygen atoms in total. The molecule has 1 aromatic rings. The van der Waals surface area contributed by atoms with Gasteiger partial charge in [-0.25, -0.2) is 0 Å². The standard InChI is InChI=1S/C13H16N4/c1-10(2)12-8-16-17(9-12)13(3-4-14)5-11(6-13)7-15/h8-11H,3,5-6H2,1-2H3. The van der Waals surface area contributed by atoms with E-state index in [-0.39, 0.29) is 11.5 Å². The van der Waals surface area contributed by atoms with Crippen molar-refractivity contribution >= 4 is 0 Å². The molecule has 0 aliphatic heterocycles. The quantitative estimate of drug-likeness (QED) is 0.798. The van der Waals surface area contributed by atoms with Gasteiger partial charge in [-0.05, 0) is 24.3 Å². The molecule has 1 aliphatic rings. The first kappa shape index (κ1) is 11.7. The molecule has 0 aromatic carbocycles. The predicted molar refractivity (Wildman–Crippen MR) is 62.9 cm³/mol. The van der Waals surface area contributed by atoms with Crippen molar-refractivity contribution < 1.29 is 0 Å². The van der Waals surface area contributed by atoms with Crippen molar-refractivity contribution in [3.8, 4) is 12.1 Å². The largest absolute Gasteiger partial charge is 0.265 e. The maximum Gasteiger partial charge on any atom is 0.0782 e. The lowest BCUT2D eigenvalue weighted by Crippen LogP contribution is -2.46. The maximum atomic E-state index is 8.93. The van der Waals surface area contributed by atoms with Gasteiger partial charge < -0.3 is 0 Å². The molecular weight excluding hydrogens is 212 g/mol. The third-order valence-electron chi connectivity index (χ3n) is 3.60. The predicted octanol–water partition coefficient (Wildman–Crippen LogP) is 2.55. The first-order chi connectivity index (χ1) is 8.11. The average Bonchev–Trinajstić information content (AvgIpc) is 2.72. The minimum atomic E-state index is -0.234. The third kappa shape index (κ3) is 1.91. The normalized spacial score (nSPS) is 27.2. The van der Waals surface area contributed by atoms with Crippen LogP contribution in [-0.2, 0) is 5.54 Å². The number of hydrogen-bond donors (Lipinski definition) is 0. The van der Waals surface area contributed by atoms with E-state index in [9.17, 15) is 0 Å². The van der Waals surface area contributed by atoms with Crippen molar-refractivity contribution in [2.24, 2.45) is 5.92 Å². The van der Waals surface area contributed by atoms with Gasteiger partial charge in [0.15, 0.2) is 0 Å². The Bertz CT molecular complexity index is 480. The molecule has 0 saturated heterocycles. The molecule has 0 bridgehead atoms. The molecule has 0 spiro atoms. The molecule has 1 fully saturated rings. The zero-order valence-corrected chi connectivity index (χ0v) is 10.2. The van der Waals surface area contributed by atoms with Gasteiger partial charge in [-0.3, -0.25) is 4.68 Å². The second-order valence-electron chi connectivity index (χ2n) is 5.17. The zero-order valence-electron chi connectivity index (χ0n) is 10.2. The Morgan fingerprint density at radius 3 is 2.71 bits per heavy atom. The lowest BCUT2D eigenvalue weighted by molar-refractivity contribution is 0.0880. The van der Waals surface area contributed by atoms with Crippen molar-refractivity contribution in [2.45, 2.75) is 44.6 Å². The van der Waals surface area contributed by atoms with Gasteiger partial charge in [0.25, 0.3) is 0 Å². The minimum absolute atomic E-state index is 0.0787. The summed E-state index contributed by atoms with van der Waals surface area (Å²) in [7, 11) is 0. The molecule has 2 rings (SSSR count). The van der Waals surface area contributed by atoms with Crippen molar-refractivity contribution in [1.29, 1.82) is 10.5 Å². The summed E-state index contributed by atoms with van der Waals surface area (Å²) in [5, 5.41) is 22.2.